The van der Waals surface area contributed by atoms with Gasteiger partial charge in [0.15, 0.2) is 0 Å². The van der Waals surface area contributed by atoms with Crippen LogP contribution in [-0.4, -0.2) is 28.6 Å². The van der Waals surface area contributed by atoms with Crippen LogP contribution in [0, 0.1) is 0 Å². The van der Waals surface area contributed by atoms with Crippen molar-refractivity contribution >= 4 is 0 Å². The monoisotopic (exact) mass is 275 g/mol. The molecule has 0 bridgehead atoms. The number of aryl methyl sites for hydroxylation is 1. The molecule has 1 N–H and O–H groups in total. The van der Waals surface area contributed by atoms with E-state index in [1.54, 1.807) is 0 Å². The summed E-state index contributed by atoms with van der Waals surface area (Å²) in [5, 5.41) is 11.1. The van der Waals surface area contributed by atoms with Gasteiger partial charge in [0.1, 0.15) is 0 Å². The number of aliphatic hydroxyl groups excluding tert-OH is 1. The Morgan fingerprint density at radius 3 is 2.35 bits per heavy atom. The summed E-state index contributed by atoms with van der Waals surface area (Å²) in [7, 11) is 0. The van der Waals surface area contributed by atoms with Crippen LogP contribution in [0.25, 0.3) is 0 Å². The van der Waals surface area contributed by atoms with Gasteiger partial charge in [-0.25, -0.2) is 0 Å². The van der Waals surface area contributed by atoms with E-state index >= 15 is 0 Å². The first kappa shape index (κ1) is 15.5. The molecule has 1 unspecified atom stereocenters. The molecule has 0 saturated carbocycles. The summed E-state index contributed by atoms with van der Waals surface area (Å²) >= 11 is 0. The molecule has 2 nitrogen and oxygen atoms in total. The fraction of sp³-hybridized carbons (Fsp3) is 0.667. The van der Waals surface area contributed by atoms with Crippen LogP contribution < -0.4 is 0 Å². The average Bonchev–Trinajstić information content (AvgIpc) is 3.04. The van der Waals surface area contributed by atoms with Gasteiger partial charge in [-0.05, 0) is 56.3 Å². The molecule has 0 amide bonds. The van der Waals surface area contributed by atoms with Gasteiger partial charge in [-0.15, -0.1) is 0 Å². The zero-order valence-electron chi connectivity index (χ0n) is 13.2. The molecule has 0 radical (unpaired) electrons. The first-order chi connectivity index (χ1) is 9.67. The minimum atomic E-state index is -0.387. The molecule has 112 valence electrons. The molecule has 1 atom stereocenters. The maximum absolute atomic E-state index is 11.1. The van der Waals surface area contributed by atoms with Crippen molar-refractivity contribution < 1.29 is 5.11 Å². The smallest absolute Gasteiger partial charge is 0.0973 e. The lowest BCUT2D eigenvalue weighted by atomic mass is 9.81. The number of hydrogen-bond donors (Lipinski definition) is 1. The number of rotatable bonds is 6. The maximum Gasteiger partial charge on any atom is 0.0973 e. The first-order valence-corrected chi connectivity index (χ1v) is 8.19. The van der Waals surface area contributed by atoms with E-state index in [1.807, 2.05) is 0 Å². The third kappa shape index (κ3) is 2.77. The highest BCUT2D eigenvalue weighted by atomic mass is 16.3. The zero-order chi connectivity index (χ0) is 14.6. The lowest BCUT2D eigenvalue weighted by Crippen LogP contribution is -2.51. The van der Waals surface area contributed by atoms with Crippen molar-refractivity contribution in [3.8, 4) is 0 Å². The molecular formula is C18H29NO. The van der Waals surface area contributed by atoms with E-state index in [9.17, 15) is 5.11 Å². The van der Waals surface area contributed by atoms with Crippen LogP contribution >= 0.6 is 0 Å². The Bertz CT molecular complexity index is 419. The molecule has 1 fully saturated rings. The molecular weight excluding hydrogens is 246 g/mol. The predicted octanol–water partition coefficient (Wildman–Crippen LogP) is 3.94. The molecule has 1 aromatic rings. The number of likely N-dealkylation sites (tertiary alicyclic amines) is 1. The highest BCUT2D eigenvalue weighted by Crippen LogP contribution is 2.39. The lowest BCUT2D eigenvalue weighted by Gasteiger charge is -2.44. The summed E-state index contributed by atoms with van der Waals surface area (Å²) in [6.07, 6.45) is 5.17. The van der Waals surface area contributed by atoms with E-state index < -0.39 is 0 Å². The van der Waals surface area contributed by atoms with Gasteiger partial charge >= 0.3 is 0 Å². The van der Waals surface area contributed by atoms with Crippen molar-refractivity contribution in [3.63, 3.8) is 0 Å². The molecule has 1 aliphatic rings. The molecule has 1 aromatic carbocycles. The molecule has 20 heavy (non-hydrogen) atoms. The summed E-state index contributed by atoms with van der Waals surface area (Å²) in [5.41, 5.74) is 2.30. The number of nitrogens with zero attached hydrogens (tertiary/aromatic N) is 1. The Hall–Kier alpha value is -0.860. The van der Waals surface area contributed by atoms with Crippen molar-refractivity contribution in [2.24, 2.45) is 0 Å². The van der Waals surface area contributed by atoms with Gasteiger partial charge in [0.25, 0.3) is 0 Å². The number of hydrogen-bond acceptors (Lipinski definition) is 2. The first-order valence-electron chi connectivity index (χ1n) is 8.19. The van der Waals surface area contributed by atoms with Crippen molar-refractivity contribution in [1.82, 2.24) is 4.90 Å². The number of aliphatic hydroxyl groups is 1. The quantitative estimate of drug-likeness (QED) is 0.850. The fourth-order valence-electron chi connectivity index (χ4n) is 3.71. The van der Waals surface area contributed by atoms with Crippen LogP contribution in [0.3, 0.4) is 0 Å². The number of benzene rings is 1. The second-order valence-electron chi connectivity index (χ2n) is 6.01. The van der Waals surface area contributed by atoms with Crippen LogP contribution in [0.5, 0.6) is 0 Å². The summed E-state index contributed by atoms with van der Waals surface area (Å²) in [6.45, 7) is 8.86. The molecule has 1 heterocycles. The Balaban J connectivity index is 2.32. The summed E-state index contributed by atoms with van der Waals surface area (Å²) in [6, 6.07) is 8.49. The van der Waals surface area contributed by atoms with Crippen molar-refractivity contribution in [2.75, 3.05) is 13.1 Å². The minimum Gasteiger partial charge on any atom is -0.386 e. The Labute approximate surface area is 123 Å². The van der Waals surface area contributed by atoms with Gasteiger partial charge < -0.3 is 5.11 Å². The Morgan fingerprint density at radius 1 is 1.15 bits per heavy atom. The lowest BCUT2D eigenvalue weighted by molar-refractivity contribution is -0.0295. The summed E-state index contributed by atoms with van der Waals surface area (Å²) in [4.78, 5) is 2.52. The van der Waals surface area contributed by atoms with E-state index in [0.717, 1.165) is 37.9 Å². The largest absolute Gasteiger partial charge is 0.386 e. The van der Waals surface area contributed by atoms with Gasteiger partial charge in [0.05, 0.1) is 11.6 Å². The van der Waals surface area contributed by atoms with Crippen LogP contribution in [0.15, 0.2) is 24.3 Å². The highest BCUT2D eigenvalue weighted by molar-refractivity contribution is 5.27. The van der Waals surface area contributed by atoms with Crippen molar-refractivity contribution in [3.05, 3.63) is 35.4 Å². The van der Waals surface area contributed by atoms with Crippen molar-refractivity contribution in [1.29, 1.82) is 0 Å². The summed E-state index contributed by atoms with van der Waals surface area (Å²) in [5.74, 6) is 0. The second-order valence-corrected chi connectivity index (χ2v) is 6.01. The maximum atomic E-state index is 11.1. The van der Waals surface area contributed by atoms with E-state index in [1.165, 1.54) is 18.4 Å². The molecule has 1 saturated heterocycles. The van der Waals surface area contributed by atoms with Crippen LogP contribution in [0.2, 0.25) is 0 Å². The molecule has 2 rings (SSSR count). The Morgan fingerprint density at radius 2 is 1.80 bits per heavy atom. The second kappa shape index (κ2) is 6.73. The van der Waals surface area contributed by atoms with E-state index in [4.69, 9.17) is 0 Å². The van der Waals surface area contributed by atoms with Gasteiger partial charge in [-0.2, -0.15) is 0 Å². The summed E-state index contributed by atoms with van der Waals surface area (Å²) < 4.78 is 0. The van der Waals surface area contributed by atoms with Crippen LogP contribution in [-0.2, 0) is 6.42 Å². The van der Waals surface area contributed by atoms with Crippen LogP contribution in [0.4, 0.5) is 0 Å². The SMILES string of the molecule is CCc1cccc(C(O)C(CC)(CC)N2CCCC2)c1. The third-order valence-corrected chi connectivity index (χ3v) is 5.14. The van der Waals surface area contributed by atoms with Gasteiger partial charge in [-0.1, -0.05) is 45.0 Å². The predicted molar refractivity (Wildman–Crippen MR) is 84.9 cm³/mol. The van der Waals surface area contributed by atoms with Crippen molar-refractivity contribution in [2.45, 2.75) is 64.5 Å². The van der Waals surface area contributed by atoms with E-state index in [0.29, 0.717) is 0 Å². The zero-order valence-corrected chi connectivity index (χ0v) is 13.2. The van der Waals surface area contributed by atoms with E-state index in [-0.39, 0.29) is 11.6 Å². The molecule has 0 aliphatic carbocycles. The minimum absolute atomic E-state index is 0.0944. The normalized spacial score (nSPS) is 18.4. The molecule has 0 spiro atoms. The fourth-order valence-corrected chi connectivity index (χ4v) is 3.71. The molecule has 2 heteroatoms. The standard InChI is InChI=1S/C18H29NO/c1-4-15-10-9-11-16(14-15)17(20)18(5-2,6-3)19-12-7-8-13-19/h9-11,14,17,20H,4-8,12-13H2,1-3H3. The highest BCUT2D eigenvalue weighted by Gasteiger charge is 2.41. The molecule has 1 aliphatic heterocycles. The van der Waals surface area contributed by atoms with Crippen LogP contribution in [0.1, 0.15) is 63.7 Å². The van der Waals surface area contributed by atoms with Gasteiger partial charge in [0, 0.05) is 0 Å². The Kier molecular flexibility index (Phi) is 5.22. The van der Waals surface area contributed by atoms with Gasteiger partial charge in [0.2, 0.25) is 0 Å². The average molecular weight is 275 g/mol. The van der Waals surface area contributed by atoms with E-state index in [2.05, 4.69) is 49.9 Å². The molecule has 0 aromatic heterocycles. The van der Waals surface area contributed by atoms with Gasteiger partial charge in [-0.3, -0.25) is 4.90 Å². The topological polar surface area (TPSA) is 23.5 Å². The third-order valence-electron chi connectivity index (χ3n) is 5.14.